The lowest BCUT2D eigenvalue weighted by Gasteiger charge is -2.30. The molecule has 7 heteroatoms. The third-order valence-electron chi connectivity index (χ3n) is 7.96. The summed E-state index contributed by atoms with van der Waals surface area (Å²) in [4.78, 5) is 25.3. The molecule has 1 saturated carbocycles. The van der Waals surface area contributed by atoms with Gasteiger partial charge in [-0.3, -0.25) is 4.79 Å². The van der Waals surface area contributed by atoms with Gasteiger partial charge in [0.2, 0.25) is 5.88 Å². The monoisotopic (exact) mass is 497 g/mol. The second-order valence-electron chi connectivity index (χ2n) is 10.6. The molecule has 1 aliphatic carbocycles. The summed E-state index contributed by atoms with van der Waals surface area (Å²) in [6, 6.07) is 4.25. The van der Waals surface area contributed by atoms with Crippen LogP contribution in [0.5, 0.6) is 5.88 Å². The average molecular weight is 498 g/mol. The molecule has 0 spiro atoms. The fraction of sp³-hybridized carbons (Fsp3) is 0.679. The number of aromatic nitrogens is 2. The van der Waals surface area contributed by atoms with E-state index in [9.17, 15) is 4.79 Å². The Labute approximate surface area is 213 Å². The zero-order valence-electron chi connectivity index (χ0n) is 21.0. The van der Waals surface area contributed by atoms with Gasteiger partial charge in [0, 0.05) is 61.6 Å². The van der Waals surface area contributed by atoms with E-state index >= 15 is 0 Å². The van der Waals surface area contributed by atoms with Crippen LogP contribution in [0.25, 0.3) is 0 Å². The molecule has 5 rings (SSSR count). The maximum absolute atomic E-state index is 12.5. The number of nitrogens with zero attached hydrogens (tertiary/aromatic N) is 3. The van der Waals surface area contributed by atoms with Crippen LogP contribution in [0.1, 0.15) is 66.1 Å². The molecule has 1 atom stereocenters. The van der Waals surface area contributed by atoms with E-state index in [0.717, 1.165) is 67.1 Å². The van der Waals surface area contributed by atoms with Crippen molar-refractivity contribution >= 4 is 17.1 Å². The van der Waals surface area contributed by atoms with Crippen LogP contribution in [-0.4, -0.2) is 59.6 Å². The highest BCUT2D eigenvalue weighted by Crippen LogP contribution is 2.33. The minimum absolute atomic E-state index is 0.151. The lowest BCUT2D eigenvalue weighted by atomic mass is 9.78. The predicted octanol–water partition coefficient (Wildman–Crippen LogP) is 4.81. The summed E-state index contributed by atoms with van der Waals surface area (Å²) >= 11 is 1.65. The van der Waals surface area contributed by atoms with Gasteiger partial charge in [-0.15, -0.1) is 11.3 Å². The highest BCUT2D eigenvalue weighted by atomic mass is 32.1. The Bertz CT molecular complexity index is 980. The number of hydrogen-bond acceptors (Lipinski definition) is 7. The van der Waals surface area contributed by atoms with Crippen LogP contribution in [0, 0.1) is 18.8 Å². The molecular formula is C28H39N3O3S. The van der Waals surface area contributed by atoms with Crippen molar-refractivity contribution in [3.8, 4) is 5.88 Å². The summed E-state index contributed by atoms with van der Waals surface area (Å²) in [5.41, 5.74) is 2.59. The molecule has 0 amide bonds. The number of carbonyl (C=O) groups is 1. The molecule has 1 saturated heterocycles. The molecule has 6 nitrogen and oxygen atoms in total. The number of fused-ring (bicyclic) bond motifs is 1. The fourth-order valence-corrected chi connectivity index (χ4v) is 6.66. The number of Topliss-reactive ketones (excluding diaryl/α,β-unsaturated/α-hetero) is 1. The molecule has 1 unspecified atom stereocenters. The summed E-state index contributed by atoms with van der Waals surface area (Å²) in [6.07, 6.45) is 12.6. The van der Waals surface area contributed by atoms with Crippen LogP contribution < -0.4 is 4.74 Å². The molecule has 0 aromatic carbocycles. The van der Waals surface area contributed by atoms with Crippen molar-refractivity contribution in [3.63, 3.8) is 0 Å². The van der Waals surface area contributed by atoms with Crippen molar-refractivity contribution in [1.82, 2.24) is 14.9 Å². The van der Waals surface area contributed by atoms with E-state index in [2.05, 4.69) is 16.0 Å². The minimum Gasteiger partial charge on any atom is -0.472 e. The zero-order chi connectivity index (χ0) is 24.0. The molecule has 2 aromatic rings. The van der Waals surface area contributed by atoms with E-state index < -0.39 is 0 Å². The van der Waals surface area contributed by atoms with E-state index in [4.69, 9.17) is 14.5 Å². The van der Waals surface area contributed by atoms with Crippen LogP contribution in [0.3, 0.4) is 0 Å². The average Bonchev–Trinajstić information content (AvgIpc) is 3.46. The molecular weight excluding hydrogens is 458 g/mol. The third-order valence-corrected chi connectivity index (χ3v) is 8.87. The van der Waals surface area contributed by atoms with Crippen molar-refractivity contribution in [2.75, 3.05) is 32.8 Å². The number of pyridine rings is 1. The van der Waals surface area contributed by atoms with Gasteiger partial charge < -0.3 is 14.4 Å². The van der Waals surface area contributed by atoms with Gasteiger partial charge in [-0.2, -0.15) is 0 Å². The Morgan fingerprint density at radius 2 is 1.97 bits per heavy atom. The highest BCUT2D eigenvalue weighted by molar-refractivity contribution is 7.11. The lowest BCUT2D eigenvalue weighted by molar-refractivity contribution is -0.119. The summed E-state index contributed by atoms with van der Waals surface area (Å²) < 4.78 is 11.4. The second kappa shape index (κ2) is 11.9. The topological polar surface area (TPSA) is 64.6 Å². The number of hydrogen-bond donors (Lipinski definition) is 0. The maximum Gasteiger partial charge on any atom is 0.213 e. The van der Waals surface area contributed by atoms with Crippen LogP contribution >= 0.6 is 11.3 Å². The van der Waals surface area contributed by atoms with Gasteiger partial charge in [-0.05, 0) is 56.6 Å². The van der Waals surface area contributed by atoms with Crippen LogP contribution in [0.2, 0.25) is 0 Å². The highest BCUT2D eigenvalue weighted by Gasteiger charge is 2.25. The normalized spacial score (nSPS) is 25.2. The van der Waals surface area contributed by atoms with Gasteiger partial charge in [0.1, 0.15) is 11.9 Å². The van der Waals surface area contributed by atoms with Crippen molar-refractivity contribution in [2.24, 2.45) is 11.8 Å². The quantitative estimate of drug-likeness (QED) is 0.495. The number of ketones is 1. The first-order valence-corrected chi connectivity index (χ1v) is 14.3. The third kappa shape index (κ3) is 7.11. The SMILES string of the molecule is Cc1ncc(CC(=O)CC2CCC(CCN3CCc4ccc(OC5CCOC5)nc4CC3)CC2)s1. The first kappa shape index (κ1) is 24.8. The first-order valence-electron chi connectivity index (χ1n) is 13.5. The van der Waals surface area contributed by atoms with Crippen molar-refractivity contribution in [2.45, 2.75) is 77.2 Å². The number of rotatable bonds is 9. The minimum atomic E-state index is 0.151. The van der Waals surface area contributed by atoms with Gasteiger partial charge in [0.05, 0.1) is 18.2 Å². The smallest absolute Gasteiger partial charge is 0.213 e. The molecule has 190 valence electrons. The van der Waals surface area contributed by atoms with E-state index in [1.807, 2.05) is 19.2 Å². The molecule has 35 heavy (non-hydrogen) atoms. The molecule has 0 N–H and O–H groups in total. The zero-order valence-corrected chi connectivity index (χ0v) is 21.9. The molecule has 3 aliphatic rings. The Morgan fingerprint density at radius 1 is 1.14 bits per heavy atom. The summed E-state index contributed by atoms with van der Waals surface area (Å²) in [7, 11) is 0. The van der Waals surface area contributed by atoms with Crippen molar-refractivity contribution < 1.29 is 14.3 Å². The molecule has 2 aliphatic heterocycles. The maximum atomic E-state index is 12.5. The van der Waals surface area contributed by atoms with Crippen LogP contribution in [0.15, 0.2) is 18.3 Å². The number of aryl methyl sites for hydroxylation is 1. The molecule has 2 aromatic heterocycles. The molecule has 4 heterocycles. The molecule has 0 bridgehead atoms. The Hall–Kier alpha value is -1.83. The van der Waals surface area contributed by atoms with Gasteiger partial charge >= 0.3 is 0 Å². The van der Waals surface area contributed by atoms with Gasteiger partial charge in [-0.1, -0.05) is 18.9 Å². The Morgan fingerprint density at radius 3 is 2.74 bits per heavy atom. The van der Waals surface area contributed by atoms with Gasteiger partial charge in [0.15, 0.2) is 0 Å². The van der Waals surface area contributed by atoms with Crippen LogP contribution in [-0.2, 0) is 28.8 Å². The summed E-state index contributed by atoms with van der Waals surface area (Å²) in [6.45, 7) is 6.84. The summed E-state index contributed by atoms with van der Waals surface area (Å²) in [5, 5.41) is 1.05. The standard InChI is InChI=1S/C28H39N3O3S/c1-20-29-18-26(35-20)17-24(32)16-22-4-2-21(3-5-22)8-12-31-13-9-23-6-7-28(30-27(23)10-14-31)34-25-11-15-33-19-25/h6-7,18,21-22,25H,2-5,8-17,19H2,1H3. The Balaban J connectivity index is 1.01. The number of ether oxygens (including phenoxy) is 2. The van der Waals surface area contributed by atoms with E-state index in [0.29, 0.717) is 24.7 Å². The van der Waals surface area contributed by atoms with Gasteiger partial charge in [0.25, 0.3) is 0 Å². The first-order chi connectivity index (χ1) is 17.1. The molecule has 0 radical (unpaired) electrons. The lowest BCUT2D eigenvalue weighted by Crippen LogP contribution is -2.29. The second-order valence-corrected chi connectivity index (χ2v) is 12.0. The molecule has 2 fully saturated rings. The Kier molecular flexibility index (Phi) is 8.47. The van der Waals surface area contributed by atoms with E-state index in [1.165, 1.54) is 49.9 Å². The van der Waals surface area contributed by atoms with Crippen LogP contribution in [0.4, 0.5) is 0 Å². The number of thiazole rings is 1. The van der Waals surface area contributed by atoms with Crippen molar-refractivity contribution in [1.29, 1.82) is 0 Å². The van der Waals surface area contributed by atoms with E-state index in [-0.39, 0.29) is 6.10 Å². The predicted molar refractivity (Wildman–Crippen MR) is 138 cm³/mol. The largest absolute Gasteiger partial charge is 0.472 e. The van der Waals surface area contributed by atoms with E-state index in [1.54, 1.807) is 11.3 Å². The van der Waals surface area contributed by atoms with Crippen molar-refractivity contribution in [3.05, 3.63) is 39.5 Å². The number of carbonyl (C=O) groups excluding carboxylic acids is 1. The summed E-state index contributed by atoms with van der Waals surface area (Å²) in [5.74, 6) is 2.53. The van der Waals surface area contributed by atoms with Gasteiger partial charge in [-0.25, -0.2) is 9.97 Å². The fourth-order valence-electron chi connectivity index (χ4n) is 5.84.